The molecule has 1 amide bonds. The van der Waals surface area contributed by atoms with Crippen molar-refractivity contribution in [2.24, 2.45) is 0 Å². The zero-order valence-electron chi connectivity index (χ0n) is 13.5. The number of hydrogen-bond donors (Lipinski definition) is 1. The fourth-order valence-corrected chi connectivity index (χ4v) is 3.64. The fraction of sp³-hybridized carbons (Fsp3) is 0.389. The number of rotatable bonds is 7. The lowest BCUT2D eigenvalue weighted by molar-refractivity contribution is -0.123. The van der Waals surface area contributed by atoms with E-state index in [1.165, 1.54) is 0 Å². The zero-order chi connectivity index (χ0) is 16.6. The number of nitrogens with zero attached hydrogens (tertiary/aromatic N) is 1. The molecular weight excluding hydrogens is 324 g/mol. The lowest BCUT2D eigenvalue weighted by atomic mass is 10.2. The molecule has 1 atom stereocenters. The molecule has 1 N–H and O–H groups in total. The number of furan rings is 1. The summed E-state index contributed by atoms with van der Waals surface area (Å²) in [6, 6.07) is 13.3. The van der Waals surface area contributed by atoms with Gasteiger partial charge in [-0.25, -0.2) is 0 Å². The molecule has 0 radical (unpaired) electrons. The average Bonchev–Trinajstić information content (AvgIpc) is 3.16. The predicted octanol–water partition coefficient (Wildman–Crippen LogP) is 2.56. The summed E-state index contributed by atoms with van der Waals surface area (Å²) in [5.41, 5.74) is 0. The molecule has 2 aromatic rings. The molecule has 0 saturated carbocycles. The van der Waals surface area contributed by atoms with Crippen LogP contribution in [0.25, 0.3) is 0 Å². The number of para-hydroxylation sites is 1. The Labute approximate surface area is 146 Å². The SMILES string of the molecule is O=C(COc1ccccc1)NC[C@H](c1ccco1)N1CCSCC1. The van der Waals surface area contributed by atoms with E-state index in [0.717, 1.165) is 30.4 Å². The highest BCUT2D eigenvalue weighted by Crippen LogP contribution is 2.24. The van der Waals surface area contributed by atoms with Crippen molar-refractivity contribution in [3.05, 3.63) is 54.5 Å². The van der Waals surface area contributed by atoms with E-state index >= 15 is 0 Å². The van der Waals surface area contributed by atoms with Crippen LogP contribution in [0.15, 0.2) is 53.1 Å². The van der Waals surface area contributed by atoms with E-state index in [4.69, 9.17) is 9.15 Å². The van der Waals surface area contributed by atoms with Gasteiger partial charge in [-0.15, -0.1) is 0 Å². The molecular formula is C18H22N2O3S. The van der Waals surface area contributed by atoms with E-state index in [2.05, 4.69) is 10.2 Å². The number of carbonyl (C=O) groups is 1. The molecule has 1 aliphatic rings. The molecule has 0 spiro atoms. The molecule has 0 unspecified atom stereocenters. The van der Waals surface area contributed by atoms with Crippen molar-refractivity contribution in [3.63, 3.8) is 0 Å². The smallest absolute Gasteiger partial charge is 0.258 e. The van der Waals surface area contributed by atoms with E-state index in [0.29, 0.717) is 12.3 Å². The van der Waals surface area contributed by atoms with Crippen LogP contribution in [0.2, 0.25) is 0 Å². The van der Waals surface area contributed by atoms with Crippen molar-refractivity contribution in [2.45, 2.75) is 6.04 Å². The first-order chi connectivity index (χ1) is 11.8. The Kier molecular flexibility index (Phi) is 6.20. The van der Waals surface area contributed by atoms with Gasteiger partial charge in [0.2, 0.25) is 0 Å². The zero-order valence-corrected chi connectivity index (χ0v) is 14.3. The monoisotopic (exact) mass is 346 g/mol. The summed E-state index contributed by atoms with van der Waals surface area (Å²) >= 11 is 1.96. The Bertz CT molecular complexity index is 612. The number of hydrogen-bond acceptors (Lipinski definition) is 5. The van der Waals surface area contributed by atoms with Crippen LogP contribution in [0.4, 0.5) is 0 Å². The van der Waals surface area contributed by atoms with Crippen molar-refractivity contribution in [1.82, 2.24) is 10.2 Å². The van der Waals surface area contributed by atoms with E-state index in [-0.39, 0.29) is 18.6 Å². The van der Waals surface area contributed by atoms with Gasteiger partial charge in [-0.3, -0.25) is 9.69 Å². The van der Waals surface area contributed by atoms with Gasteiger partial charge in [0.25, 0.3) is 5.91 Å². The van der Waals surface area contributed by atoms with Crippen molar-refractivity contribution in [1.29, 1.82) is 0 Å². The second-order valence-electron chi connectivity index (χ2n) is 5.59. The van der Waals surface area contributed by atoms with E-state index in [9.17, 15) is 4.79 Å². The maximum absolute atomic E-state index is 12.1. The van der Waals surface area contributed by atoms with Crippen LogP contribution in [0.5, 0.6) is 5.75 Å². The maximum atomic E-state index is 12.1. The van der Waals surface area contributed by atoms with Gasteiger partial charge in [-0.2, -0.15) is 11.8 Å². The number of amides is 1. The Hall–Kier alpha value is -1.92. The van der Waals surface area contributed by atoms with Crippen molar-refractivity contribution in [2.75, 3.05) is 37.7 Å². The van der Waals surface area contributed by atoms with Crippen molar-refractivity contribution >= 4 is 17.7 Å². The summed E-state index contributed by atoms with van der Waals surface area (Å²) in [5.74, 6) is 3.70. The predicted molar refractivity (Wildman–Crippen MR) is 95.3 cm³/mol. The summed E-state index contributed by atoms with van der Waals surface area (Å²) in [6.45, 7) is 2.55. The second kappa shape index (κ2) is 8.80. The minimum absolute atomic E-state index is 0.0186. The van der Waals surface area contributed by atoms with Gasteiger partial charge >= 0.3 is 0 Å². The molecule has 1 aliphatic heterocycles. The first-order valence-corrected chi connectivity index (χ1v) is 9.28. The van der Waals surface area contributed by atoms with Gasteiger partial charge < -0.3 is 14.5 Å². The normalized spacial score (nSPS) is 16.5. The molecule has 0 bridgehead atoms. The molecule has 1 aromatic carbocycles. The summed E-state index contributed by atoms with van der Waals surface area (Å²) < 4.78 is 11.1. The van der Waals surface area contributed by atoms with Gasteiger partial charge in [0, 0.05) is 31.1 Å². The van der Waals surface area contributed by atoms with Gasteiger partial charge in [-0.1, -0.05) is 18.2 Å². The maximum Gasteiger partial charge on any atom is 0.258 e. The van der Waals surface area contributed by atoms with Crippen LogP contribution in [-0.4, -0.2) is 48.6 Å². The van der Waals surface area contributed by atoms with Crippen molar-refractivity contribution < 1.29 is 13.9 Å². The summed E-state index contributed by atoms with van der Waals surface area (Å²) in [7, 11) is 0. The third-order valence-corrected chi connectivity index (χ3v) is 4.91. The van der Waals surface area contributed by atoms with Gasteiger partial charge in [0.1, 0.15) is 11.5 Å². The first-order valence-electron chi connectivity index (χ1n) is 8.12. The number of nitrogens with one attached hydrogen (secondary N) is 1. The minimum atomic E-state index is -0.123. The Morgan fingerprint density at radius 3 is 2.71 bits per heavy atom. The fourth-order valence-electron chi connectivity index (χ4n) is 2.71. The van der Waals surface area contributed by atoms with Crippen LogP contribution in [0.1, 0.15) is 11.8 Å². The lowest BCUT2D eigenvalue weighted by Crippen LogP contribution is -2.42. The molecule has 2 heterocycles. The van der Waals surface area contributed by atoms with Crippen LogP contribution < -0.4 is 10.1 Å². The summed E-state index contributed by atoms with van der Waals surface area (Å²) in [4.78, 5) is 14.5. The number of ether oxygens (including phenoxy) is 1. The van der Waals surface area contributed by atoms with E-state index in [1.54, 1.807) is 6.26 Å². The summed E-state index contributed by atoms with van der Waals surface area (Å²) in [5, 5.41) is 2.97. The standard InChI is InChI=1S/C18H22N2O3S/c21-18(14-23-15-5-2-1-3-6-15)19-13-16(17-7-4-10-22-17)20-8-11-24-12-9-20/h1-7,10,16H,8-9,11-14H2,(H,19,21)/t16-/m1/s1. The highest BCUT2D eigenvalue weighted by Gasteiger charge is 2.25. The topological polar surface area (TPSA) is 54.7 Å². The second-order valence-corrected chi connectivity index (χ2v) is 6.81. The van der Waals surface area contributed by atoms with Crippen LogP contribution in [0.3, 0.4) is 0 Å². The van der Waals surface area contributed by atoms with Gasteiger partial charge in [0.15, 0.2) is 6.61 Å². The Morgan fingerprint density at radius 1 is 1.21 bits per heavy atom. The van der Waals surface area contributed by atoms with E-state index in [1.807, 2.05) is 54.2 Å². The number of carbonyl (C=O) groups excluding carboxylic acids is 1. The average molecular weight is 346 g/mol. The molecule has 5 nitrogen and oxygen atoms in total. The largest absolute Gasteiger partial charge is 0.484 e. The summed E-state index contributed by atoms with van der Waals surface area (Å²) in [6.07, 6.45) is 1.68. The lowest BCUT2D eigenvalue weighted by Gasteiger charge is -2.33. The van der Waals surface area contributed by atoms with E-state index < -0.39 is 0 Å². The van der Waals surface area contributed by atoms with Crippen molar-refractivity contribution in [3.8, 4) is 5.75 Å². The van der Waals surface area contributed by atoms with Crippen LogP contribution in [0, 0.1) is 0 Å². The molecule has 1 fully saturated rings. The molecule has 24 heavy (non-hydrogen) atoms. The molecule has 1 saturated heterocycles. The third-order valence-electron chi connectivity index (χ3n) is 3.96. The number of thioether (sulfide) groups is 1. The third kappa shape index (κ3) is 4.79. The molecule has 1 aromatic heterocycles. The Balaban J connectivity index is 1.52. The van der Waals surface area contributed by atoms with Gasteiger partial charge in [0.05, 0.1) is 12.3 Å². The number of benzene rings is 1. The quantitative estimate of drug-likeness (QED) is 0.835. The Morgan fingerprint density at radius 2 is 2.00 bits per heavy atom. The highest BCUT2D eigenvalue weighted by atomic mass is 32.2. The molecule has 6 heteroatoms. The van der Waals surface area contributed by atoms with Crippen LogP contribution >= 0.6 is 11.8 Å². The molecule has 128 valence electrons. The first kappa shape index (κ1) is 16.9. The molecule has 0 aliphatic carbocycles. The highest BCUT2D eigenvalue weighted by molar-refractivity contribution is 7.99. The molecule has 3 rings (SSSR count). The van der Waals surface area contributed by atoms with Crippen LogP contribution in [-0.2, 0) is 4.79 Å². The minimum Gasteiger partial charge on any atom is -0.484 e. The van der Waals surface area contributed by atoms with Gasteiger partial charge in [-0.05, 0) is 24.3 Å².